The van der Waals surface area contributed by atoms with Crippen LogP contribution in [0.2, 0.25) is 0 Å². The van der Waals surface area contributed by atoms with Crippen molar-refractivity contribution in [1.29, 1.82) is 0 Å². The van der Waals surface area contributed by atoms with Crippen molar-refractivity contribution in [3.05, 3.63) is 12.3 Å². The zero-order valence-corrected chi connectivity index (χ0v) is 6.93. The van der Waals surface area contributed by atoms with Crippen molar-refractivity contribution >= 4 is 5.82 Å². The van der Waals surface area contributed by atoms with E-state index in [9.17, 15) is 0 Å². The zero-order valence-electron chi connectivity index (χ0n) is 6.93. The van der Waals surface area contributed by atoms with Crippen molar-refractivity contribution < 1.29 is 0 Å². The molecule has 1 aromatic heterocycles. The van der Waals surface area contributed by atoms with E-state index in [1.165, 1.54) is 19.3 Å². The molecule has 0 atom stereocenters. The van der Waals surface area contributed by atoms with Crippen LogP contribution in [0.1, 0.15) is 26.2 Å². The van der Waals surface area contributed by atoms with E-state index < -0.39 is 0 Å². The highest BCUT2D eigenvalue weighted by Crippen LogP contribution is 1.99. The Bertz CT molecular complexity index is 169. The van der Waals surface area contributed by atoms with E-state index in [-0.39, 0.29) is 0 Å². The maximum absolute atomic E-state index is 3.83. The molecule has 0 amide bonds. The van der Waals surface area contributed by atoms with Gasteiger partial charge in [0, 0.05) is 6.54 Å². The van der Waals surface area contributed by atoms with Gasteiger partial charge in [0.05, 0.1) is 6.20 Å². The van der Waals surface area contributed by atoms with E-state index in [1.54, 1.807) is 6.20 Å². The Labute approximate surface area is 67.2 Å². The summed E-state index contributed by atoms with van der Waals surface area (Å²) in [6, 6.07) is 1.94. The molecule has 0 bridgehead atoms. The summed E-state index contributed by atoms with van der Waals surface area (Å²) in [4.78, 5) is 0. The van der Waals surface area contributed by atoms with Crippen LogP contribution in [-0.2, 0) is 0 Å². The van der Waals surface area contributed by atoms with E-state index in [0.29, 0.717) is 0 Å². The van der Waals surface area contributed by atoms with Crippen LogP contribution in [0.3, 0.4) is 0 Å². The summed E-state index contributed by atoms with van der Waals surface area (Å²) in [6.45, 7) is 3.24. The second-order valence-corrected chi connectivity index (χ2v) is 2.60. The maximum Gasteiger partial charge on any atom is 0.121 e. The molecule has 0 aliphatic rings. The Kier molecular flexibility index (Phi) is 3.52. The summed E-state index contributed by atoms with van der Waals surface area (Å²) in [6.07, 6.45) is 5.55. The fourth-order valence-corrected chi connectivity index (χ4v) is 0.952. The van der Waals surface area contributed by atoms with Crippen molar-refractivity contribution in [3.8, 4) is 0 Å². The quantitative estimate of drug-likeness (QED) is 0.635. The summed E-state index contributed by atoms with van der Waals surface area (Å²) < 4.78 is 0. The standard InChI is InChI=1S/C8H15N3/c1-2-3-4-6-9-8-5-7-10-11-8/h5,7H,2-4,6H2,1H3,(H2,9,10,11). The number of H-pyrrole nitrogens is 1. The van der Waals surface area contributed by atoms with Gasteiger partial charge in [-0.1, -0.05) is 19.8 Å². The summed E-state index contributed by atoms with van der Waals surface area (Å²) in [5.74, 6) is 1.01. The molecule has 11 heavy (non-hydrogen) atoms. The number of unbranched alkanes of at least 4 members (excludes halogenated alkanes) is 2. The Hall–Kier alpha value is -0.990. The van der Waals surface area contributed by atoms with Crippen LogP contribution >= 0.6 is 0 Å². The molecule has 0 aromatic carbocycles. The van der Waals surface area contributed by atoms with E-state index in [4.69, 9.17) is 0 Å². The second-order valence-electron chi connectivity index (χ2n) is 2.60. The van der Waals surface area contributed by atoms with Gasteiger partial charge in [0.1, 0.15) is 5.82 Å². The minimum absolute atomic E-state index is 1.01. The number of hydrogen-bond donors (Lipinski definition) is 2. The molecule has 0 unspecified atom stereocenters. The third kappa shape index (κ3) is 3.07. The highest BCUT2D eigenvalue weighted by molar-refractivity contribution is 5.31. The SMILES string of the molecule is CCCCCNc1ccn[nH]1. The third-order valence-corrected chi connectivity index (χ3v) is 1.60. The maximum atomic E-state index is 3.83. The third-order valence-electron chi connectivity index (χ3n) is 1.60. The Morgan fingerprint density at radius 1 is 1.55 bits per heavy atom. The predicted octanol–water partition coefficient (Wildman–Crippen LogP) is 2.01. The Morgan fingerprint density at radius 3 is 3.09 bits per heavy atom. The van der Waals surface area contributed by atoms with Crippen LogP contribution < -0.4 is 5.32 Å². The average molecular weight is 153 g/mol. The molecule has 0 aliphatic heterocycles. The number of nitrogens with one attached hydrogen (secondary N) is 2. The molecule has 0 fully saturated rings. The van der Waals surface area contributed by atoms with Crippen molar-refractivity contribution in [1.82, 2.24) is 10.2 Å². The molecule has 3 heteroatoms. The molecule has 0 spiro atoms. The number of aromatic nitrogens is 2. The molecular weight excluding hydrogens is 138 g/mol. The lowest BCUT2D eigenvalue weighted by molar-refractivity contribution is 0.742. The van der Waals surface area contributed by atoms with Gasteiger partial charge in [-0.25, -0.2) is 0 Å². The van der Waals surface area contributed by atoms with E-state index in [2.05, 4.69) is 22.4 Å². The van der Waals surface area contributed by atoms with E-state index >= 15 is 0 Å². The van der Waals surface area contributed by atoms with Crippen LogP contribution in [0.5, 0.6) is 0 Å². The Balaban J connectivity index is 2.04. The first-order valence-corrected chi connectivity index (χ1v) is 4.16. The lowest BCUT2D eigenvalue weighted by atomic mass is 10.2. The number of aromatic amines is 1. The molecule has 1 rings (SSSR count). The first kappa shape index (κ1) is 8.11. The summed E-state index contributed by atoms with van der Waals surface area (Å²) in [7, 11) is 0. The van der Waals surface area contributed by atoms with Crippen LogP contribution in [-0.4, -0.2) is 16.7 Å². The average Bonchev–Trinajstić information content (AvgIpc) is 2.50. The van der Waals surface area contributed by atoms with Gasteiger partial charge in [-0.2, -0.15) is 5.10 Å². The largest absolute Gasteiger partial charge is 0.370 e. The van der Waals surface area contributed by atoms with Crippen LogP contribution in [0, 0.1) is 0 Å². The summed E-state index contributed by atoms with van der Waals surface area (Å²) >= 11 is 0. The predicted molar refractivity (Wildman–Crippen MR) is 46.6 cm³/mol. The van der Waals surface area contributed by atoms with Crippen molar-refractivity contribution in [2.75, 3.05) is 11.9 Å². The number of rotatable bonds is 5. The molecule has 3 nitrogen and oxygen atoms in total. The second kappa shape index (κ2) is 4.77. The Morgan fingerprint density at radius 2 is 2.45 bits per heavy atom. The number of hydrogen-bond acceptors (Lipinski definition) is 2. The molecule has 0 saturated carbocycles. The monoisotopic (exact) mass is 153 g/mol. The van der Waals surface area contributed by atoms with Gasteiger partial charge < -0.3 is 5.32 Å². The molecule has 0 radical (unpaired) electrons. The van der Waals surface area contributed by atoms with Crippen molar-refractivity contribution in [2.45, 2.75) is 26.2 Å². The minimum Gasteiger partial charge on any atom is -0.370 e. The van der Waals surface area contributed by atoms with Crippen molar-refractivity contribution in [2.24, 2.45) is 0 Å². The number of anilines is 1. The van der Waals surface area contributed by atoms with Gasteiger partial charge in [-0.05, 0) is 12.5 Å². The fourth-order valence-electron chi connectivity index (χ4n) is 0.952. The molecular formula is C8H15N3. The first-order chi connectivity index (χ1) is 5.43. The molecule has 62 valence electrons. The summed E-state index contributed by atoms with van der Waals surface area (Å²) in [5, 5.41) is 9.93. The van der Waals surface area contributed by atoms with Gasteiger partial charge in [0.2, 0.25) is 0 Å². The van der Waals surface area contributed by atoms with Crippen LogP contribution in [0.4, 0.5) is 5.82 Å². The normalized spacial score (nSPS) is 9.91. The lowest BCUT2D eigenvalue weighted by Crippen LogP contribution is -2.01. The van der Waals surface area contributed by atoms with Crippen LogP contribution in [0.25, 0.3) is 0 Å². The van der Waals surface area contributed by atoms with Gasteiger partial charge in [-0.15, -0.1) is 0 Å². The van der Waals surface area contributed by atoms with E-state index in [0.717, 1.165) is 12.4 Å². The van der Waals surface area contributed by atoms with E-state index in [1.807, 2.05) is 6.07 Å². The van der Waals surface area contributed by atoms with Crippen LogP contribution in [0.15, 0.2) is 12.3 Å². The smallest absolute Gasteiger partial charge is 0.121 e. The summed E-state index contributed by atoms with van der Waals surface area (Å²) in [5.41, 5.74) is 0. The van der Waals surface area contributed by atoms with Gasteiger partial charge >= 0.3 is 0 Å². The minimum atomic E-state index is 1.01. The lowest BCUT2D eigenvalue weighted by Gasteiger charge is -2.00. The molecule has 0 aliphatic carbocycles. The van der Waals surface area contributed by atoms with Gasteiger partial charge in [0.25, 0.3) is 0 Å². The van der Waals surface area contributed by atoms with Gasteiger partial charge in [-0.3, -0.25) is 5.10 Å². The molecule has 1 heterocycles. The number of nitrogens with zero attached hydrogens (tertiary/aromatic N) is 1. The fraction of sp³-hybridized carbons (Fsp3) is 0.625. The zero-order chi connectivity index (χ0) is 7.94. The highest BCUT2D eigenvalue weighted by Gasteiger charge is 1.89. The molecule has 2 N–H and O–H groups in total. The first-order valence-electron chi connectivity index (χ1n) is 4.16. The van der Waals surface area contributed by atoms with Gasteiger partial charge in [0.15, 0.2) is 0 Å². The topological polar surface area (TPSA) is 40.7 Å². The molecule has 1 aromatic rings. The molecule has 0 saturated heterocycles. The van der Waals surface area contributed by atoms with Crippen molar-refractivity contribution in [3.63, 3.8) is 0 Å². The highest BCUT2D eigenvalue weighted by atomic mass is 15.2.